The second kappa shape index (κ2) is 10.2. The maximum atomic E-state index is 15.0. The Balaban J connectivity index is 1.14. The van der Waals surface area contributed by atoms with Crippen LogP contribution in [0.1, 0.15) is 92.7 Å². The Hall–Kier alpha value is -2.27. The number of hydrogen-bond acceptors (Lipinski definition) is 3. The summed E-state index contributed by atoms with van der Waals surface area (Å²) >= 11 is 0. The quantitative estimate of drug-likeness (QED) is 0.326. The van der Waals surface area contributed by atoms with Gasteiger partial charge in [-0.25, -0.2) is 0 Å². The highest BCUT2D eigenvalue weighted by molar-refractivity contribution is 5.75. The van der Waals surface area contributed by atoms with Gasteiger partial charge in [0.25, 0.3) is 0 Å². The van der Waals surface area contributed by atoms with Crippen molar-refractivity contribution in [2.45, 2.75) is 94.4 Å². The first-order valence-electron chi connectivity index (χ1n) is 12.9. The number of rotatable bonds is 6. The van der Waals surface area contributed by atoms with E-state index in [2.05, 4.69) is 12.1 Å². The third-order valence-corrected chi connectivity index (χ3v) is 8.17. The Bertz CT molecular complexity index is 943. The number of alkyl halides is 2. The van der Waals surface area contributed by atoms with Crippen LogP contribution in [0.15, 0.2) is 54.6 Å². The van der Waals surface area contributed by atoms with E-state index < -0.39 is 12.2 Å². The van der Waals surface area contributed by atoms with Crippen molar-refractivity contribution < 1.29 is 23.0 Å². The van der Waals surface area contributed by atoms with E-state index in [1.54, 1.807) is 12.1 Å². The number of benzene rings is 2. The van der Waals surface area contributed by atoms with Crippen molar-refractivity contribution in [2.75, 3.05) is 0 Å². The average Bonchev–Trinajstić information content (AvgIpc) is 3.08. The van der Waals surface area contributed by atoms with Gasteiger partial charge in [-0.3, -0.25) is 4.79 Å². The molecule has 1 saturated heterocycles. The summed E-state index contributed by atoms with van der Waals surface area (Å²) in [6.07, 6.45) is 5.16. The van der Waals surface area contributed by atoms with Gasteiger partial charge in [-0.2, -0.15) is 8.78 Å². The average molecular weight is 469 g/mol. The molecule has 3 atom stereocenters. The fourth-order valence-corrected chi connectivity index (χ4v) is 6.08. The minimum absolute atomic E-state index is 0.0600. The molecule has 0 N–H and O–H groups in total. The van der Waals surface area contributed by atoms with Crippen LogP contribution in [0.3, 0.4) is 0 Å². The summed E-state index contributed by atoms with van der Waals surface area (Å²) in [6.45, 7) is 0. The van der Waals surface area contributed by atoms with Gasteiger partial charge in [0.2, 0.25) is 0 Å². The van der Waals surface area contributed by atoms with Gasteiger partial charge in [-0.15, -0.1) is 0 Å². The van der Waals surface area contributed by atoms with E-state index in [1.165, 1.54) is 5.56 Å². The molecule has 2 aromatic rings. The first-order chi connectivity index (χ1) is 16.5. The Labute approximate surface area is 200 Å². The predicted molar refractivity (Wildman–Crippen MR) is 127 cm³/mol. The largest absolute Gasteiger partial charge is 0.461 e. The Morgan fingerprint density at radius 3 is 2.06 bits per heavy atom. The number of carbonyl (C=O) groups excluding carboxylic acids is 1. The zero-order chi connectivity index (χ0) is 23.5. The van der Waals surface area contributed by atoms with Gasteiger partial charge >= 0.3 is 12.1 Å². The van der Waals surface area contributed by atoms with Crippen molar-refractivity contribution in [3.05, 3.63) is 71.3 Å². The maximum absolute atomic E-state index is 15.0. The lowest BCUT2D eigenvalue weighted by Gasteiger charge is -2.37. The molecule has 3 aliphatic rings. The summed E-state index contributed by atoms with van der Waals surface area (Å²) in [4.78, 5) is 11.1. The van der Waals surface area contributed by atoms with E-state index in [4.69, 9.17) is 9.47 Å². The van der Waals surface area contributed by atoms with E-state index in [1.807, 2.05) is 30.3 Å². The van der Waals surface area contributed by atoms with E-state index >= 15 is 8.78 Å². The monoisotopic (exact) mass is 468 g/mol. The molecule has 5 heteroatoms. The molecule has 2 unspecified atom stereocenters. The van der Waals surface area contributed by atoms with Crippen molar-refractivity contribution >= 4 is 5.97 Å². The van der Waals surface area contributed by atoms with Crippen LogP contribution in [0.5, 0.6) is 0 Å². The van der Waals surface area contributed by atoms with E-state index in [9.17, 15) is 4.79 Å². The maximum Gasteiger partial charge on any atom is 0.383 e. The zero-order valence-electron chi connectivity index (χ0n) is 19.6. The molecule has 34 heavy (non-hydrogen) atoms. The minimum atomic E-state index is -3.28. The zero-order valence-corrected chi connectivity index (χ0v) is 19.6. The summed E-state index contributed by atoms with van der Waals surface area (Å²) in [5.41, 5.74) is 2.35. The van der Waals surface area contributed by atoms with Crippen molar-refractivity contribution in [2.24, 2.45) is 5.92 Å². The van der Waals surface area contributed by atoms with Crippen LogP contribution in [0.25, 0.3) is 0 Å². The minimum Gasteiger partial charge on any atom is -0.461 e. The molecule has 0 amide bonds. The Morgan fingerprint density at radius 2 is 1.38 bits per heavy atom. The molecule has 2 aliphatic carbocycles. The van der Waals surface area contributed by atoms with Crippen LogP contribution in [0.4, 0.5) is 8.78 Å². The van der Waals surface area contributed by atoms with Gasteiger partial charge < -0.3 is 9.47 Å². The van der Waals surface area contributed by atoms with Crippen LogP contribution in [0.2, 0.25) is 0 Å². The van der Waals surface area contributed by atoms with E-state index in [0.29, 0.717) is 37.0 Å². The van der Waals surface area contributed by atoms with Crippen LogP contribution in [0, 0.1) is 5.92 Å². The molecule has 0 aromatic heterocycles. The molecule has 2 saturated carbocycles. The van der Waals surface area contributed by atoms with Crippen LogP contribution < -0.4 is 0 Å². The summed E-state index contributed by atoms with van der Waals surface area (Å²) in [5.74, 6) is 1.17. The standard InChI is InChI=1S/C29H34F2O3/c30-29(31,34-26-8-4-7-21(15-18-26)20-5-2-1-3-6-20)25-16-13-23(14-17-25)22-9-11-24(12-10-22)27-19-28(32)33-27/h1-3,5-6,13-14,16-17,21-22,24,26-27H,4,7-12,15,18-19H2/t21-,22?,24?,26?,27?/m1/s1. The third kappa shape index (κ3) is 5.35. The molecular weight excluding hydrogens is 434 g/mol. The number of ether oxygens (including phenoxy) is 2. The SMILES string of the molecule is O=C1CC(C2CCC(c3ccc(C(F)(F)OC4CCC[C@@H](c5ccccc5)CC4)cc3)CC2)O1. The van der Waals surface area contributed by atoms with Gasteiger partial charge in [0.1, 0.15) is 6.10 Å². The van der Waals surface area contributed by atoms with Gasteiger partial charge in [-0.1, -0.05) is 61.0 Å². The van der Waals surface area contributed by atoms with Crippen LogP contribution >= 0.6 is 0 Å². The fraction of sp³-hybridized carbons (Fsp3) is 0.552. The number of hydrogen-bond donors (Lipinski definition) is 0. The van der Waals surface area contributed by atoms with Crippen molar-refractivity contribution in [1.82, 2.24) is 0 Å². The lowest BCUT2D eigenvalue weighted by Crippen LogP contribution is -2.40. The molecule has 0 bridgehead atoms. The molecule has 5 rings (SSSR count). The summed E-state index contributed by atoms with van der Waals surface area (Å²) in [5, 5.41) is 0. The second-order valence-electron chi connectivity index (χ2n) is 10.3. The number of carbonyl (C=O) groups is 1. The molecule has 2 aromatic carbocycles. The lowest BCUT2D eigenvalue weighted by atomic mass is 9.75. The van der Waals surface area contributed by atoms with E-state index in [0.717, 1.165) is 50.5 Å². The highest BCUT2D eigenvalue weighted by Crippen LogP contribution is 2.42. The fourth-order valence-electron chi connectivity index (χ4n) is 6.08. The predicted octanol–water partition coefficient (Wildman–Crippen LogP) is 7.46. The number of halogens is 2. The molecule has 0 radical (unpaired) electrons. The molecular formula is C29H34F2O3. The second-order valence-corrected chi connectivity index (χ2v) is 10.3. The first-order valence-corrected chi connectivity index (χ1v) is 12.9. The normalized spacial score (nSPS) is 30.2. The van der Waals surface area contributed by atoms with Crippen molar-refractivity contribution in [3.63, 3.8) is 0 Å². The smallest absolute Gasteiger partial charge is 0.383 e. The van der Waals surface area contributed by atoms with Gasteiger partial charge in [-0.05, 0) is 80.2 Å². The molecule has 1 heterocycles. The van der Waals surface area contributed by atoms with Crippen LogP contribution in [-0.2, 0) is 20.4 Å². The highest BCUT2D eigenvalue weighted by atomic mass is 19.3. The van der Waals surface area contributed by atoms with Crippen molar-refractivity contribution in [3.8, 4) is 0 Å². The Kier molecular flexibility index (Phi) is 7.01. The van der Waals surface area contributed by atoms with Crippen molar-refractivity contribution in [1.29, 1.82) is 0 Å². The topological polar surface area (TPSA) is 35.5 Å². The van der Waals surface area contributed by atoms with Gasteiger partial charge in [0, 0.05) is 0 Å². The molecule has 0 spiro atoms. The summed E-state index contributed by atoms with van der Waals surface area (Å²) in [6, 6.07) is 17.1. The Morgan fingerprint density at radius 1 is 0.765 bits per heavy atom. The summed E-state index contributed by atoms with van der Waals surface area (Å²) < 4.78 is 40.7. The van der Waals surface area contributed by atoms with Gasteiger partial charge in [0.05, 0.1) is 18.1 Å². The molecule has 1 aliphatic heterocycles. The molecule has 3 fully saturated rings. The third-order valence-electron chi connectivity index (χ3n) is 8.17. The van der Waals surface area contributed by atoms with E-state index in [-0.39, 0.29) is 17.6 Å². The van der Waals surface area contributed by atoms with Crippen LogP contribution in [-0.4, -0.2) is 18.2 Å². The highest BCUT2D eigenvalue weighted by Gasteiger charge is 2.39. The number of esters is 1. The first kappa shape index (κ1) is 23.5. The molecule has 3 nitrogen and oxygen atoms in total. The van der Waals surface area contributed by atoms with Gasteiger partial charge in [0.15, 0.2) is 0 Å². The number of cyclic esters (lactones) is 1. The summed E-state index contributed by atoms with van der Waals surface area (Å²) in [7, 11) is 0. The molecule has 182 valence electrons. The lowest BCUT2D eigenvalue weighted by molar-refractivity contribution is -0.274.